The van der Waals surface area contributed by atoms with Gasteiger partial charge in [-0.25, -0.2) is 9.80 Å². The molecule has 1 aromatic carbocycles. The number of halogens is 1. The number of carbonyl (C=O) groups is 2. The zero-order valence-electron chi connectivity index (χ0n) is 18.8. The van der Waals surface area contributed by atoms with E-state index in [1.54, 1.807) is 18.4 Å². The molecule has 0 fully saturated rings. The van der Waals surface area contributed by atoms with Gasteiger partial charge in [0.1, 0.15) is 6.54 Å². The number of amides is 3. The monoisotopic (exact) mass is 476 g/mol. The normalized spacial score (nSPS) is 16.1. The van der Waals surface area contributed by atoms with Gasteiger partial charge in [-0.1, -0.05) is 35.9 Å². The van der Waals surface area contributed by atoms with Gasteiger partial charge in [0.15, 0.2) is 0 Å². The fraction of sp³-hybridized carbons (Fsp3) is 0.435. The van der Waals surface area contributed by atoms with Crippen LogP contribution in [0, 0.1) is 0 Å². The maximum atomic E-state index is 13.4. The summed E-state index contributed by atoms with van der Waals surface area (Å²) in [6, 6.07) is 10.8. The van der Waals surface area contributed by atoms with Crippen LogP contribution in [0.4, 0.5) is 4.79 Å². The highest BCUT2D eigenvalue weighted by Gasteiger charge is 2.35. The molecule has 1 aliphatic rings. The molecule has 3 amide bonds. The summed E-state index contributed by atoms with van der Waals surface area (Å²) in [5, 5.41) is 11.6. The topological polar surface area (TPSA) is 74.2 Å². The summed E-state index contributed by atoms with van der Waals surface area (Å²) in [6.07, 6.45) is 0.558. The Hall–Kier alpha value is -2.42. The smallest absolute Gasteiger partial charge is 0.318 e. The average molecular weight is 477 g/mol. The summed E-state index contributed by atoms with van der Waals surface area (Å²) in [5.74, 6) is -0.276. The van der Waals surface area contributed by atoms with E-state index in [2.05, 4.69) is 10.4 Å². The lowest BCUT2D eigenvalue weighted by atomic mass is 10.0. The van der Waals surface area contributed by atoms with E-state index in [0.717, 1.165) is 16.2 Å². The lowest BCUT2D eigenvalue weighted by Gasteiger charge is -2.30. The number of thiophene rings is 1. The minimum atomic E-state index is -0.427. The summed E-state index contributed by atoms with van der Waals surface area (Å²) in [7, 11) is 1.56. The van der Waals surface area contributed by atoms with E-state index in [9.17, 15) is 9.59 Å². The molecule has 0 spiro atoms. The lowest BCUT2D eigenvalue weighted by Crippen LogP contribution is -2.52. The minimum Gasteiger partial charge on any atom is -0.383 e. The zero-order valence-corrected chi connectivity index (χ0v) is 20.4. The predicted molar refractivity (Wildman–Crippen MR) is 128 cm³/mol. The number of hydrogen-bond acceptors (Lipinski definition) is 5. The van der Waals surface area contributed by atoms with Crippen LogP contribution in [-0.4, -0.2) is 59.9 Å². The lowest BCUT2D eigenvalue weighted by molar-refractivity contribution is -0.133. The van der Waals surface area contributed by atoms with Crippen molar-refractivity contribution in [2.45, 2.75) is 38.8 Å². The number of ether oxygens (including phenoxy) is 1. The van der Waals surface area contributed by atoms with Crippen molar-refractivity contribution in [3.63, 3.8) is 0 Å². The van der Waals surface area contributed by atoms with Crippen molar-refractivity contribution in [3.05, 3.63) is 57.2 Å². The summed E-state index contributed by atoms with van der Waals surface area (Å²) in [6.45, 7) is 6.18. The SMILES string of the molecule is COCCN(CC(=O)N1N=C(c2cccs2)CC1c1ccccc1Cl)C(=O)NC(C)(C)C. The largest absolute Gasteiger partial charge is 0.383 e. The fourth-order valence-electron chi connectivity index (χ4n) is 3.41. The Morgan fingerprint density at radius 2 is 2.03 bits per heavy atom. The second kappa shape index (κ2) is 10.5. The van der Waals surface area contributed by atoms with Crippen LogP contribution in [0.15, 0.2) is 46.9 Å². The van der Waals surface area contributed by atoms with E-state index in [0.29, 0.717) is 18.1 Å². The molecule has 0 saturated heterocycles. The van der Waals surface area contributed by atoms with Crippen molar-refractivity contribution in [2.75, 3.05) is 26.8 Å². The van der Waals surface area contributed by atoms with Crippen molar-refractivity contribution in [1.29, 1.82) is 0 Å². The Labute approximate surface area is 198 Å². The molecule has 2 aromatic rings. The molecule has 2 heterocycles. The molecular formula is C23H29ClN4O3S. The molecule has 0 aliphatic carbocycles. The van der Waals surface area contributed by atoms with Gasteiger partial charge < -0.3 is 15.0 Å². The quantitative estimate of drug-likeness (QED) is 0.637. The van der Waals surface area contributed by atoms with Crippen molar-refractivity contribution in [2.24, 2.45) is 5.10 Å². The first-order chi connectivity index (χ1) is 15.2. The van der Waals surface area contributed by atoms with Gasteiger partial charge in [-0.2, -0.15) is 5.10 Å². The van der Waals surface area contributed by atoms with Gasteiger partial charge in [0.2, 0.25) is 0 Å². The molecule has 9 heteroatoms. The fourth-order valence-corrected chi connectivity index (χ4v) is 4.39. The van der Waals surface area contributed by atoms with Gasteiger partial charge in [0.25, 0.3) is 5.91 Å². The van der Waals surface area contributed by atoms with Crippen LogP contribution in [0.5, 0.6) is 0 Å². The summed E-state index contributed by atoms with van der Waals surface area (Å²) < 4.78 is 5.14. The van der Waals surface area contributed by atoms with E-state index < -0.39 is 5.54 Å². The summed E-state index contributed by atoms with van der Waals surface area (Å²) >= 11 is 8.05. The molecule has 1 aliphatic heterocycles. The molecule has 0 bridgehead atoms. The molecular weight excluding hydrogens is 448 g/mol. The first-order valence-electron chi connectivity index (χ1n) is 10.4. The first kappa shape index (κ1) is 24.2. The van der Waals surface area contributed by atoms with Crippen LogP contribution >= 0.6 is 22.9 Å². The van der Waals surface area contributed by atoms with Crippen LogP contribution in [0.3, 0.4) is 0 Å². The van der Waals surface area contributed by atoms with Gasteiger partial charge in [0, 0.05) is 30.6 Å². The number of rotatable bonds is 7. The second-order valence-corrected chi connectivity index (χ2v) is 9.95. The summed E-state index contributed by atoms with van der Waals surface area (Å²) in [5.41, 5.74) is 1.24. The Bertz CT molecular complexity index is 972. The number of benzene rings is 1. The van der Waals surface area contributed by atoms with E-state index in [4.69, 9.17) is 16.3 Å². The first-order valence-corrected chi connectivity index (χ1v) is 11.7. The maximum absolute atomic E-state index is 13.4. The molecule has 1 unspecified atom stereocenters. The number of methoxy groups -OCH3 is 1. The third-order valence-corrected chi connectivity index (χ3v) is 6.16. The van der Waals surface area contributed by atoms with E-state index >= 15 is 0 Å². The zero-order chi connectivity index (χ0) is 23.3. The minimum absolute atomic E-state index is 0.118. The van der Waals surface area contributed by atoms with Crippen molar-refractivity contribution in [1.82, 2.24) is 15.2 Å². The molecule has 3 rings (SSSR count). The van der Waals surface area contributed by atoms with Crippen LogP contribution in [0.25, 0.3) is 0 Å². The number of hydrogen-bond donors (Lipinski definition) is 1. The van der Waals surface area contributed by atoms with Crippen molar-refractivity contribution in [3.8, 4) is 0 Å². The summed E-state index contributed by atoms with van der Waals surface area (Å²) in [4.78, 5) is 28.7. The molecule has 0 radical (unpaired) electrons. The van der Waals surface area contributed by atoms with Crippen molar-refractivity contribution < 1.29 is 14.3 Å². The Morgan fingerprint density at radius 3 is 2.66 bits per heavy atom. The molecule has 172 valence electrons. The standard InChI is InChI=1S/C23H29ClN4O3S/c1-23(2,3)25-22(30)27(11-12-31-4)15-21(29)28-19(16-8-5-6-9-17(16)24)14-18(26-28)20-10-7-13-32-20/h5-10,13,19H,11-12,14-15H2,1-4H3,(H,25,30). The van der Waals surface area contributed by atoms with Gasteiger partial charge in [-0.05, 0) is 43.8 Å². The number of carbonyl (C=O) groups excluding carboxylic acids is 2. The van der Waals surface area contributed by atoms with Crippen LogP contribution < -0.4 is 5.32 Å². The van der Waals surface area contributed by atoms with Crippen LogP contribution in [0.1, 0.15) is 43.7 Å². The molecule has 1 aromatic heterocycles. The maximum Gasteiger partial charge on any atom is 0.318 e. The third kappa shape index (κ3) is 6.09. The Morgan fingerprint density at radius 1 is 1.28 bits per heavy atom. The van der Waals surface area contributed by atoms with Gasteiger partial charge in [-0.15, -0.1) is 11.3 Å². The van der Waals surface area contributed by atoms with Crippen LogP contribution in [-0.2, 0) is 9.53 Å². The van der Waals surface area contributed by atoms with E-state index in [1.807, 2.05) is 62.5 Å². The van der Waals surface area contributed by atoms with E-state index in [-0.39, 0.29) is 31.1 Å². The van der Waals surface area contributed by atoms with Gasteiger partial charge in [0.05, 0.1) is 23.2 Å². The van der Waals surface area contributed by atoms with Gasteiger partial charge >= 0.3 is 6.03 Å². The average Bonchev–Trinajstić information content (AvgIpc) is 3.39. The molecule has 1 atom stereocenters. The number of nitrogens with zero attached hydrogens (tertiary/aromatic N) is 3. The highest BCUT2D eigenvalue weighted by atomic mass is 35.5. The highest BCUT2D eigenvalue weighted by Crippen LogP contribution is 2.37. The molecule has 1 N–H and O–H groups in total. The number of nitrogens with one attached hydrogen (secondary N) is 1. The third-order valence-electron chi connectivity index (χ3n) is 4.90. The number of urea groups is 1. The van der Waals surface area contributed by atoms with E-state index in [1.165, 1.54) is 9.91 Å². The highest BCUT2D eigenvalue weighted by molar-refractivity contribution is 7.12. The Kier molecular flexibility index (Phi) is 7.92. The molecule has 32 heavy (non-hydrogen) atoms. The second-order valence-electron chi connectivity index (χ2n) is 8.60. The molecule has 0 saturated carbocycles. The Balaban J connectivity index is 1.86. The predicted octanol–water partition coefficient (Wildman–Crippen LogP) is 4.54. The van der Waals surface area contributed by atoms with Crippen LogP contribution in [0.2, 0.25) is 5.02 Å². The van der Waals surface area contributed by atoms with Crippen molar-refractivity contribution >= 4 is 40.6 Å². The molecule has 7 nitrogen and oxygen atoms in total. The number of hydrazone groups is 1. The van der Waals surface area contributed by atoms with Gasteiger partial charge in [-0.3, -0.25) is 4.79 Å².